The Kier molecular flexibility index (Phi) is 4.68. The van der Waals surface area contributed by atoms with Gasteiger partial charge in [-0.05, 0) is 24.1 Å². The highest BCUT2D eigenvalue weighted by Crippen LogP contribution is 2.22. The summed E-state index contributed by atoms with van der Waals surface area (Å²) in [4.78, 5) is -0.370. The summed E-state index contributed by atoms with van der Waals surface area (Å²) in [6.07, 6.45) is 0. The third kappa shape index (κ3) is 3.42. The Bertz CT molecular complexity index is 581. The fraction of sp³-hybridized carbons (Fsp3) is 0.364. The maximum atomic E-state index is 13.0. The van der Waals surface area contributed by atoms with Gasteiger partial charge in [-0.3, -0.25) is 0 Å². The second-order valence-electron chi connectivity index (χ2n) is 4.05. The zero-order chi connectivity index (χ0) is 13.9. The zero-order valence-electron chi connectivity index (χ0n) is 9.81. The van der Waals surface area contributed by atoms with Crippen molar-refractivity contribution in [1.82, 2.24) is 4.72 Å². The van der Waals surface area contributed by atoms with Crippen molar-refractivity contribution in [3.8, 4) is 6.07 Å². The van der Waals surface area contributed by atoms with Gasteiger partial charge in [0.05, 0.1) is 11.1 Å². The van der Waals surface area contributed by atoms with Crippen LogP contribution in [0, 0.1) is 23.1 Å². The highest BCUT2D eigenvalue weighted by Gasteiger charge is 2.24. The van der Waals surface area contributed by atoms with Gasteiger partial charge in [-0.1, -0.05) is 25.4 Å². The van der Waals surface area contributed by atoms with Crippen molar-refractivity contribution < 1.29 is 12.8 Å². The SMILES string of the molecule is CC(C)C(C#N)NS(=O)(=O)c1cc(F)ccc1Cl. The van der Waals surface area contributed by atoms with Crippen molar-refractivity contribution in [2.75, 3.05) is 0 Å². The number of nitrogens with zero attached hydrogens (tertiary/aromatic N) is 1. The standard InChI is InChI=1S/C11H12ClFN2O2S/c1-7(2)10(6-14)15-18(16,17)11-5-8(13)3-4-9(11)12/h3-5,7,10,15H,1-2H3. The van der Waals surface area contributed by atoms with E-state index in [2.05, 4.69) is 4.72 Å². The Hall–Kier alpha value is -1.16. The van der Waals surface area contributed by atoms with Crippen molar-refractivity contribution in [3.63, 3.8) is 0 Å². The van der Waals surface area contributed by atoms with Crippen LogP contribution in [0.15, 0.2) is 23.1 Å². The minimum absolute atomic E-state index is 0.0932. The predicted octanol–water partition coefficient (Wildman–Crippen LogP) is 2.31. The van der Waals surface area contributed by atoms with E-state index in [1.165, 1.54) is 0 Å². The number of sulfonamides is 1. The minimum atomic E-state index is -4.01. The topological polar surface area (TPSA) is 70.0 Å². The molecule has 0 radical (unpaired) electrons. The molecule has 0 heterocycles. The van der Waals surface area contributed by atoms with Gasteiger partial charge >= 0.3 is 0 Å². The zero-order valence-corrected chi connectivity index (χ0v) is 11.4. The van der Waals surface area contributed by atoms with E-state index in [-0.39, 0.29) is 15.8 Å². The molecule has 1 atom stereocenters. The van der Waals surface area contributed by atoms with Crippen molar-refractivity contribution >= 4 is 21.6 Å². The van der Waals surface area contributed by atoms with Crippen LogP contribution in [-0.2, 0) is 10.0 Å². The summed E-state index contributed by atoms with van der Waals surface area (Å²) >= 11 is 5.72. The molecule has 0 aliphatic heterocycles. The molecule has 0 aromatic heterocycles. The monoisotopic (exact) mass is 290 g/mol. The van der Waals surface area contributed by atoms with Gasteiger partial charge in [0.25, 0.3) is 0 Å². The molecule has 0 fully saturated rings. The lowest BCUT2D eigenvalue weighted by Crippen LogP contribution is -2.37. The van der Waals surface area contributed by atoms with Crippen molar-refractivity contribution in [1.29, 1.82) is 5.26 Å². The summed E-state index contributed by atoms with van der Waals surface area (Å²) < 4.78 is 39.2. The molecule has 1 aromatic rings. The third-order valence-corrected chi connectivity index (χ3v) is 4.19. The quantitative estimate of drug-likeness (QED) is 0.925. The summed E-state index contributed by atoms with van der Waals surface area (Å²) in [6, 6.07) is 3.98. The maximum absolute atomic E-state index is 13.0. The molecule has 98 valence electrons. The number of nitriles is 1. The lowest BCUT2D eigenvalue weighted by molar-refractivity contribution is 0.514. The van der Waals surface area contributed by atoms with E-state index in [0.29, 0.717) is 0 Å². The molecule has 1 unspecified atom stereocenters. The average Bonchev–Trinajstić information content (AvgIpc) is 2.28. The highest BCUT2D eigenvalue weighted by atomic mass is 35.5. The fourth-order valence-electron chi connectivity index (χ4n) is 1.23. The first-order chi connectivity index (χ1) is 8.27. The van der Waals surface area contributed by atoms with E-state index in [1.54, 1.807) is 13.8 Å². The molecule has 0 saturated heterocycles. The average molecular weight is 291 g/mol. The van der Waals surface area contributed by atoms with Crippen LogP contribution in [0.1, 0.15) is 13.8 Å². The summed E-state index contributed by atoms with van der Waals surface area (Å²) in [5, 5.41) is 8.75. The number of benzene rings is 1. The Balaban J connectivity index is 3.15. The van der Waals surface area contributed by atoms with Crippen LogP contribution >= 0.6 is 11.6 Å². The lowest BCUT2D eigenvalue weighted by atomic mass is 10.1. The Morgan fingerprint density at radius 3 is 2.56 bits per heavy atom. The number of halogens is 2. The van der Waals surface area contributed by atoms with Gasteiger partial charge in [-0.15, -0.1) is 0 Å². The molecule has 18 heavy (non-hydrogen) atoms. The summed E-state index contributed by atoms with van der Waals surface area (Å²) in [5.74, 6) is -0.921. The summed E-state index contributed by atoms with van der Waals surface area (Å²) in [5.41, 5.74) is 0. The van der Waals surface area contributed by atoms with Gasteiger partial charge in [-0.2, -0.15) is 9.98 Å². The molecule has 0 spiro atoms. The van der Waals surface area contributed by atoms with Crippen LogP contribution < -0.4 is 4.72 Å². The van der Waals surface area contributed by atoms with Gasteiger partial charge in [0.15, 0.2) is 0 Å². The molecule has 0 aliphatic carbocycles. The van der Waals surface area contributed by atoms with Gasteiger partial charge in [0.1, 0.15) is 16.8 Å². The van der Waals surface area contributed by atoms with E-state index < -0.39 is 21.9 Å². The predicted molar refractivity (Wildman–Crippen MR) is 66.0 cm³/mol. The Morgan fingerprint density at radius 2 is 2.06 bits per heavy atom. The van der Waals surface area contributed by atoms with Gasteiger partial charge in [0.2, 0.25) is 10.0 Å². The second kappa shape index (κ2) is 5.65. The molecule has 0 bridgehead atoms. The Labute approximate surface area is 110 Å². The molecule has 0 saturated carbocycles. The number of rotatable bonds is 4. The molecule has 1 aromatic carbocycles. The molecule has 1 N–H and O–H groups in total. The van der Waals surface area contributed by atoms with Crippen LogP contribution in [0.5, 0.6) is 0 Å². The van der Waals surface area contributed by atoms with E-state index in [1.807, 2.05) is 6.07 Å². The molecule has 0 aliphatic rings. The highest BCUT2D eigenvalue weighted by molar-refractivity contribution is 7.89. The third-order valence-electron chi connectivity index (χ3n) is 2.27. The molecule has 7 heteroatoms. The van der Waals surface area contributed by atoms with Gasteiger partial charge in [-0.25, -0.2) is 12.8 Å². The Morgan fingerprint density at radius 1 is 1.44 bits per heavy atom. The number of hydrogen-bond donors (Lipinski definition) is 1. The molecular formula is C11H12ClFN2O2S. The summed E-state index contributed by atoms with van der Waals surface area (Å²) in [7, 11) is -4.01. The first-order valence-electron chi connectivity index (χ1n) is 5.15. The molecular weight excluding hydrogens is 279 g/mol. The van der Waals surface area contributed by atoms with E-state index in [4.69, 9.17) is 16.9 Å². The largest absolute Gasteiger partial charge is 0.243 e. The van der Waals surface area contributed by atoms with Gasteiger partial charge in [0, 0.05) is 0 Å². The van der Waals surface area contributed by atoms with E-state index in [0.717, 1.165) is 18.2 Å². The summed E-state index contributed by atoms with van der Waals surface area (Å²) in [6.45, 7) is 3.40. The molecule has 4 nitrogen and oxygen atoms in total. The first-order valence-corrected chi connectivity index (χ1v) is 7.01. The first kappa shape index (κ1) is 14.9. The van der Waals surface area contributed by atoms with Crippen LogP contribution in [0.2, 0.25) is 5.02 Å². The van der Waals surface area contributed by atoms with Gasteiger partial charge < -0.3 is 0 Å². The number of hydrogen-bond acceptors (Lipinski definition) is 3. The van der Waals surface area contributed by atoms with Crippen LogP contribution in [0.4, 0.5) is 4.39 Å². The smallest absolute Gasteiger partial charge is 0.207 e. The normalized spacial score (nSPS) is 13.3. The molecule has 0 amide bonds. The van der Waals surface area contributed by atoms with Crippen molar-refractivity contribution in [3.05, 3.63) is 29.0 Å². The molecule has 1 rings (SSSR count). The van der Waals surface area contributed by atoms with E-state index >= 15 is 0 Å². The van der Waals surface area contributed by atoms with E-state index in [9.17, 15) is 12.8 Å². The lowest BCUT2D eigenvalue weighted by Gasteiger charge is -2.15. The maximum Gasteiger partial charge on any atom is 0.243 e. The number of nitrogens with one attached hydrogen (secondary N) is 1. The fourth-order valence-corrected chi connectivity index (χ4v) is 3.03. The van der Waals surface area contributed by atoms with Crippen molar-refractivity contribution in [2.24, 2.45) is 5.92 Å². The second-order valence-corrected chi connectivity index (χ2v) is 6.14. The minimum Gasteiger partial charge on any atom is -0.207 e. The van der Waals surface area contributed by atoms with Crippen LogP contribution in [0.25, 0.3) is 0 Å². The van der Waals surface area contributed by atoms with Crippen LogP contribution in [0.3, 0.4) is 0 Å². The van der Waals surface area contributed by atoms with Crippen LogP contribution in [-0.4, -0.2) is 14.5 Å². The van der Waals surface area contributed by atoms with Crippen molar-refractivity contribution in [2.45, 2.75) is 24.8 Å².